The number of hydrogen-bond acceptors (Lipinski definition) is 5. The van der Waals surface area contributed by atoms with Crippen LogP contribution in [-0.2, 0) is 4.74 Å². The van der Waals surface area contributed by atoms with Crippen molar-refractivity contribution in [3.8, 4) is 0 Å². The van der Waals surface area contributed by atoms with Crippen molar-refractivity contribution in [1.29, 1.82) is 0 Å². The molecule has 7 nitrogen and oxygen atoms in total. The van der Waals surface area contributed by atoms with Crippen molar-refractivity contribution >= 4 is 17.7 Å². The standard InChI is InChI=1S/C18H21N3O4/c1-24-18(23)20-9-3-5-14(12-20)13-21(15-6-2-8-19-11-15)17(22)16-7-4-10-25-16/h2,4,6-8,10-11,14H,3,5,9,12-13H2,1H3. The van der Waals surface area contributed by atoms with Gasteiger partial charge in [0.05, 0.1) is 25.3 Å². The summed E-state index contributed by atoms with van der Waals surface area (Å²) in [5.74, 6) is 0.227. The number of piperidine rings is 1. The largest absolute Gasteiger partial charge is 0.459 e. The van der Waals surface area contributed by atoms with E-state index in [-0.39, 0.29) is 23.7 Å². The summed E-state index contributed by atoms with van der Waals surface area (Å²) in [6.45, 7) is 1.73. The van der Waals surface area contributed by atoms with Crippen molar-refractivity contribution in [3.05, 3.63) is 48.7 Å². The number of likely N-dealkylation sites (tertiary alicyclic amines) is 1. The van der Waals surface area contributed by atoms with Crippen LogP contribution in [0, 0.1) is 5.92 Å². The fourth-order valence-electron chi connectivity index (χ4n) is 3.12. The number of aromatic nitrogens is 1. The summed E-state index contributed by atoms with van der Waals surface area (Å²) in [4.78, 5) is 32.1. The molecule has 0 saturated carbocycles. The van der Waals surface area contributed by atoms with Gasteiger partial charge in [0, 0.05) is 25.8 Å². The van der Waals surface area contributed by atoms with Crippen LogP contribution in [0.3, 0.4) is 0 Å². The summed E-state index contributed by atoms with van der Waals surface area (Å²) in [7, 11) is 1.38. The zero-order valence-electron chi connectivity index (χ0n) is 14.1. The smallest absolute Gasteiger partial charge is 0.409 e. The van der Waals surface area contributed by atoms with Crippen molar-refractivity contribution < 1.29 is 18.7 Å². The van der Waals surface area contributed by atoms with Crippen LogP contribution >= 0.6 is 0 Å². The Morgan fingerprint density at radius 3 is 2.96 bits per heavy atom. The second kappa shape index (κ2) is 7.83. The molecule has 1 saturated heterocycles. The van der Waals surface area contributed by atoms with Gasteiger partial charge in [0.15, 0.2) is 5.76 Å². The maximum absolute atomic E-state index is 12.9. The van der Waals surface area contributed by atoms with E-state index in [1.54, 1.807) is 40.4 Å². The van der Waals surface area contributed by atoms with Crippen molar-refractivity contribution in [1.82, 2.24) is 9.88 Å². The molecule has 1 aliphatic rings. The maximum atomic E-state index is 12.9. The molecule has 25 heavy (non-hydrogen) atoms. The first-order valence-electron chi connectivity index (χ1n) is 8.27. The molecule has 0 N–H and O–H groups in total. The highest BCUT2D eigenvalue weighted by Gasteiger charge is 2.29. The Labute approximate surface area is 146 Å². The first kappa shape index (κ1) is 17.0. The molecule has 3 heterocycles. The van der Waals surface area contributed by atoms with E-state index in [2.05, 4.69) is 4.98 Å². The van der Waals surface area contributed by atoms with Gasteiger partial charge in [0.25, 0.3) is 5.91 Å². The molecule has 0 bridgehead atoms. The Hall–Kier alpha value is -2.83. The number of methoxy groups -OCH3 is 1. The van der Waals surface area contributed by atoms with Gasteiger partial charge in [0.2, 0.25) is 0 Å². The lowest BCUT2D eigenvalue weighted by Crippen LogP contribution is -2.45. The molecule has 1 atom stereocenters. The number of nitrogens with zero attached hydrogens (tertiary/aromatic N) is 3. The van der Waals surface area contributed by atoms with Crippen LogP contribution in [0.15, 0.2) is 47.3 Å². The number of carbonyl (C=O) groups excluding carboxylic acids is 2. The molecule has 3 rings (SSSR count). The van der Waals surface area contributed by atoms with Crippen molar-refractivity contribution in [2.75, 3.05) is 31.6 Å². The number of ether oxygens (including phenoxy) is 1. The monoisotopic (exact) mass is 343 g/mol. The van der Waals surface area contributed by atoms with Gasteiger partial charge in [-0.15, -0.1) is 0 Å². The van der Waals surface area contributed by atoms with Gasteiger partial charge in [-0.25, -0.2) is 4.79 Å². The molecule has 1 unspecified atom stereocenters. The van der Waals surface area contributed by atoms with Gasteiger partial charge in [-0.3, -0.25) is 9.78 Å². The topological polar surface area (TPSA) is 75.9 Å². The predicted molar refractivity (Wildman–Crippen MR) is 91.3 cm³/mol. The SMILES string of the molecule is COC(=O)N1CCCC(CN(C(=O)c2ccco2)c2cccnc2)C1. The van der Waals surface area contributed by atoms with Gasteiger partial charge in [-0.1, -0.05) is 0 Å². The van der Waals surface area contributed by atoms with E-state index in [4.69, 9.17) is 9.15 Å². The summed E-state index contributed by atoms with van der Waals surface area (Å²) in [5, 5.41) is 0. The summed E-state index contributed by atoms with van der Waals surface area (Å²) >= 11 is 0. The van der Waals surface area contributed by atoms with Gasteiger partial charge < -0.3 is 19.0 Å². The zero-order valence-corrected chi connectivity index (χ0v) is 14.1. The van der Waals surface area contributed by atoms with Gasteiger partial charge >= 0.3 is 6.09 Å². The number of carbonyl (C=O) groups is 2. The minimum absolute atomic E-state index is 0.159. The van der Waals surface area contributed by atoms with Crippen LogP contribution in [-0.4, -0.2) is 48.6 Å². The molecule has 2 amide bonds. The lowest BCUT2D eigenvalue weighted by Gasteiger charge is -2.34. The lowest BCUT2D eigenvalue weighted by molar-refractivity contribution is 0.0929. The minimum atomic E-state index is -0.324. The number of furan rings is 1. The number of rotatable bonds is 4. The summed E-state index contributed by atoms with van der Waals surface area (Å²) in [5.41, 5.74) is 0.707. The van der Waals surface area contributed by atoms with Crippen molar-refractivity contribution in [2.45, 2.75) is 12.8 Å². The van der Waals surface area contributed by atoms with Crippen molar-refractivity contribution in [2.24, 2.45) is 5.92 Å². The van der Waals surface area contributed by atoms with Gasteiger partial charge in [-0.05, 0) is 43.0 Å². The fourth-order valence-corrected chi connectivity index (χ4v) is 3.12. The lowest BCUT2D eigenvalue weighted by atomic mass is 9.97. The van der Waals surface area contributed by atoms with Gasteiger partial charge in [-0.2, -0.15) is 0 Å². The maximum Gasteiger partial charge on any atom is 0.409 e. The number of pyridine rings is 1. The zero-order chi connectivity index (χ0) is 17.6. The summed E-state index contributed by atoms with van der Waals surface area (Å²) < 4.78 is 10.1. The molecule has 2 aromatic heterocycles. The molecule has 0 radical (unpaired) electrons. The predicted octanol–water partition coefficient (Wildman–Crippen LogP) is 2.80. The molecule has 132 valence electrons. The van der Waals surface area contributed by atoms with Crippen LogP contribution in [0.4, 0.5) is 10.5 Å². The number of amides is 2. The quantitative estimate of drug-likeness (QED) is 0.853. The van der Waals surface area contributed by atoms with E-state index in [1.165, 1.54) is 13.4 Å². The van der Waals surface area contributed by atoms with Crippen LogP contribution in [0.2, 0.25) is 0 Å². The molecule has 2 aromatic rings. The normalized spacial score (nSPS) is 17.2. The fraction of sp³-hybridized carbons (Fsp3) is 0.389. The van der Waals surface area contributed by atoms with E-state index in [0.717, 1.165) is 12.8 Å². The Morgan fingerprint density at radius 1 is 1.40 bits per heavy atom. The van der Waals surface area contributed by atoms with Crippen LogP contribution < -0.4 is 4.90 Å². The third-order valence-corrected chi connectivity index (χ3v) is 4.33. The Morgan fingerprint density at radius 2 is 2.28 bits per heavy atom. The minimum Gasteiger partial charge on any atom is -0.459 e. The Kier molecular flexibility index (Phi) is 5.33. The van der Waals surface area contributed by atoms with E-state index in [9.17, 15) is 9.59 Å². The first-order chi connectivity index (χ1) is 12.2. The average Bonchev–Trinajstić information content (AvgIpc) is 3.20. The van der Waals surface area contributed by atoms with E-state index in [0.29, 0.717) is 25.3 Å². The van der Waals surface area contributed by atoms with E-state index < -0.39 is 0 Å². The molecule has 0 spiro atoms. The second-order valence-electron chi connectivity index (χ2n) is 6.03. The van der Waals surface area contributed by atoms with Crippen LogP contribution in [0.5, 0.6) is 0 Å². The molecule has 1 aliphatic heterocycles. The number of hydrogen-bond donors (Lipinski definition) is 0. The molecule has 7 heteroatoms. The highest BCUT2D eigenvalue weighted by atomic mass is 16.5. The average molecular weight is 343 g/mol. The third-order valence-electron chi connectivity index (χ3n) is 4.33. The molecule has 0 aromatic carbocycles. The first-order valence-corrected chi connectivity index (χ1v) is 8.27. The second-order valence-corrected chi connectivity index (χ2v) is 6.03. The Bertz CT molecular complexity index is 702. The molecular weight excluding hydrogens is 322 g/mol. The third kappa shape index (κ3) is 3.99. The molecular formula is C18H21N3O4. The van der Waals surface area contributed by atoms with Gasteiger partial charge in [0.1, 0.15) is 0 Å². The highest BCUT2D eigenvalue weighted by Crippen LogP contribution is 2.23. The van der Waals surface area contributed by atoms with Crippen molar-refractivity contribution in [3.63, 3.8) is 0 Å². The Balaban J connectivity index is 1.78. The molecule has 1 fully saturated rings. The van der Waals surface area contributed by atoms with Crippen LogP contribution in [0.1, 0.15) is 23.4 Å². The summed E-state index contributed by atoms with van der Waals surface area (Å²) in [6.07, 6.45) is 6.30. The van der Waals surface area contributed by atoms with E-state index >= 15 is 0 Å². The highest BCUT2D eigenvalue weighted by molar-refractivity contribution is 6.04. The summed E-state index contributed by atoms with van der Waals surface area (Å²) in [6, 6.07) is 6.97. The van der Waals surface area contributed by atoms with Crippen LogP contribution in [0.25, 0.3) is 0 Å². The van der Waals surface area contributed by atoms with E-state index in [1.807, 2.05) is 6.07 Å². The number of anilines is 1. The molecule has 0 aliphatic carbocycles.